The second-order valence-electron chi connectivity index (χ2n) is 7.55. The van der Waals surface area contributed by atoms with Crippen LogP contribution in [0.15, 0.2) is 56.4 Å². The topological polar surface area (TPSA) is 73.9 Å². The van der Waals surface area contributed by atoms with Crippen molar-refractivity contribution in [3.8, 4) is 0 Å². The molecular formula is C23H24N4O2S2. The smallest absolute Gasteiger partial charge is 0.272 e. The lowest BCUT2D eigenvalue weighted by atomic mass is 10.1. The molecule has 0 atom stereocenters. The number of thiophene rings is 1. The molecule has 0 aliphatic rings. The molecule has 4 aromatic rings. The maximum Gasteiger partial charge on any atom is 0.272 e. The molecule has 0 aliphatic carbocycles. The lowest BCUT2D eigenvalue weighted by Gasteiger charge is -2.07. The molecule has 0 unspecified atom stereocenters. The highest BCUT2D eigenvalue weighted by Crippen LogP contribution is 2.27. The molecule has 3 heterocycles. The van der Waals surface area contributed by atoms with Gasteiger partial charge in [0.25, 0.3) is 11.1 Å². The average molecular weight is 453 g/mol. The summed E-state index contributed by atoms with van der Waals surface area (Å²) in [6.45, 7) is 1.00. The van der Waals surface area contributed by atoms with Crippen molar-refractivity contribution in [2.24, 2.45) is 7.05 Å². The first-order chi connectivity index (χ1) is 14.9. The number of hydrogen-bond donors (Lipinski definition) is 2. The molecule has 0 saturated carbocycles. The Morgan fingerprint density at radius 2 is 1.74 bits per heavy atom. The molecule has 6 nitrogen and oxygen atoms in total. The number of para-hydroxylation sites is 1. The summed E-state index contributed by atoms with van der Waals surface area (Å²) in [6, 6.07) is 12.0. The van der Waals surface area contributed by atoms with Crippen LogP contribution in [0.4, 0.5) is 0 Å². The first-order valence-corrected chi connectivity index (χ1v) is 11.7. The Hall–Kier alpha value is -2.81. The molecule has 0 bridgehead atoms. The van der Waals surface area contributed by atoms with Crippen LogP contribution in [0, 0.1) is 0 Å². The third-order valence-electron chi connectivity index (χ3n) is 4.88. The zero-order chi connectivity index (χ0) is 22.0. The van der Waals surface area contributed by atoms with E-state index < -0.39 is 0 Å². The number of thioether (sulfide) groups is 1. The molecule has 0 amide bonds. The third kappa shape index (κ3) is 4.92. The minimum atomic E-state index is -0.323. The van der Waals surface area contributed by atoms with E-state index in [4.69, 9.17) is 0 Å². The monoisotopic (exact) mass is 452 g/mol. The van der Waals surface area contributed by atoms with Crippen molar-refractivity contribution in [3.63, 3.8) is 0 Å². The van der Waals surface area contributed by atoms with Crippen LogP contribution in [0.25, 0.3) is 23.1 Å². The third-order valence-corrected chi connectivity index (χ3v) is 7.12. The number of fused-ring (bicyclic) bond motifs is 1. The van der Waals surface area contributed by atoms with Crippen LogP contribution >= 0.6 is 23.1 Å². The van der Waals surface area contributed by atoms with E-state index in [0.717, 1.165) is 33.6 Å². The van der Waals surface area contributed by atoms with E-state index >= 15 is 0 Å². The van der Waals surface area contributed by atoms with Crippen LogP contribution < -0.4 is 21.8 Å². The number of nitrogens with zero attached hydrogens (tertiary/aromatic N) is 2. The number of H-pyrrole nitrogens is 2. The number of hydrogen-bond acceptors (Lipinski definition) is 5. The van der Waals surface area contributed by atoms with Gasteiger partial charge in [-0.3, -0.25) is 9.59 Å². The van der Waals surface area contributed by atoms with E-state index in [9.17, 15) is 9.59 Å². The Morgan fingerprint density at radius 1 is 1.03 bits per heavy atom. The molecule has 31 heavy (non-hydrogen) atoms. The van der Waals surface area contributed by atoms with Gasteiger partial charge < -0.3 is 19.4 Å². The highest BCUT2D eigenvalue weighted by atomic mass is 32.2. The van der Waals surface area contributed by atoms with Gasteiger partial charge in [0.05, 0.1) is 4.21 Å². The summed E-state index contributed by atoms with van der Waals surface area (Å²) in [5, 5.41) is 1.52. The molecule has 1 aromatic carbocycles. The van der Waals surface area contributed by atoms with Crippen molar-refractivity contribution in [3.05, 3.63) is 84.4 Å². The van der Waals surface area contributed by atoms with Gasteiger partial charge in [0.1, 0.15) is 10.7 Å². The summed E-state index contributed by atoms with van der Waals surface area (Å²) in [6.07, 6.45) is 5.39. The molecule has 160 valence electrons. The van der Waals surface area contributed by atoms with Gasteiger partial charge in [-0.25, -0.2) is 0 Å². The van der Waals surface area contributed by atoms with Gasteiger partial charge in [-0.1, -0.05) is 18.2 Å². The van der Waals surface area contributed by atoms with E-state index in [0.29, 0.717) is 0 Å². The fourth-order valence-electron chi connectivity index (χ4n) is 3.30. The van der Waals surface area contributed by atoms with E-state index in [1.54, 1.807) is 35.3 Å². The first-order valence-electron chi connectivity index (χ1n) is 9.88. The Labute approximate surface area is 187 Å². The normalized spacial score (nSPS) is 13.0. The predicted octanol–water partition coefficient (Wildman–Crippen LogP) is 1.93. The Bertz CT molecular complexity index is 1460. The number of aromatic nitrogens is 3. The van der Waals surface area contributed by atoms with E-state index in [2.05, 4.69) is 29.0 Å². The van der Waals surface area contributed by atoms with Crippen molar-refractivity contribution < 1.29 is 0 Å². The molecule has 0 fully saturated rings. The summed E-state index contributed by atoms with van der Waals surface area (Å²) >= 11 is 3.39. The minimum absolute atomic E-state index is 0.240. The summed E-state index contributed by atoms with van der Waals surface area (Å²) in [5.41, 5.74) is 1.31. The molecule has 2 N–H and O–H groups in total. The van der Waals surface area contributed by atoms with Crippen molar-refractivity contribution >= 4 is 46.2 Å². The molecule has 8 heteroatoms. The number of nitrogens with one attached hydrogen (secondary N) is 2. The molecular weight excluding hydrogens is 428 g/mol. The fraction of sp³-hybridized carbons (Fsp3) is 0.217. The quantitative estimate of drug-likeness (QED) is 0.439. The lowest BCUT2D eigenvalue weighted by Crippen LogP contribution is -2.46. The summed E-state index contributed by atoms with van der Waals surface area (Å²) < 4.78 is 3.19. The average Bonchev–Trinajstić information content (AvgIpc) is 3.30. The van der Waals surface area contributed by atoms with Gasteiger partial charge in [0.15, 0.2) is 0 Å². The van der Waals surface area contributed by atoms with E-state index in [-0.39, 0.29) is 21.8 Å². The van der Waals surface area contributed by atoms with Gasteiger partial charge in [-0.05, 0) is 44.4 Å². The molecule has 3 aromatic heterocycles. The SMILES string of the molecule is CN(C)CCSc1ccc(/C=c2\[nH]c(=O)/c(=C/c3cn(C)c4ccccc34)[nH]c2=O)s1. The van der Waals surface area contributed by atoms with Crippen molar-refractivity contribution in [1.82, 2.24) is 19.4 Å². The maximum atomic E-state index is 12.7. The fourth-order valence-corrected chi connectivity index (χ4v) is 5.58. The van der Waals surface area contributed by atoms with Crippen molar-refractivity contribution in [1.29, 1.82) is 0 Å². The molecule has 0 spiro atoms. The van der Waals surface area contributed by atoms with Gasteiger partial charge in [-0.2, -0.15) is 0 Å². The minimum Gasteiger partial charge on any atom is -0.350 e. The molecule has 0 aliphatic heterocycles. The van der Waals surface area contributed by atoms with Crippen LogP contribution in [0.3, 0.4) is 0 Å². The van der Waals surface area contributed by atoms with Gasteiger partial charge in [0, 0.05) is 46.9 Å². The Morgan fingerprint density at radius 3 is 2.48 bits per heavy atom. The van der Waals surface area contributed by atoms with Crippen molar-refractivity contribution in [2.75, 3.05) is 26.4 Å². The number of benzene rings is 1. The highest BCUT2D eigenvalue weighted by molar-refractivity contribution is 8.01. The van der Waals surface area contributed by atoms with Gasteiger partial charge >= 0.3 is 0 Å². The number of rotatable bonds is 6. The predicted molar refractivity (Wildman–Crippen MR) is 131 cm³/mol. The maximum absolute atomic E-state index is 12.7. The first kappa shape index (κ1) is 21.4. The lowest BCUT2D eigenvalue weighted by molar-refractivity contribution is 0.437. The summed E-state index contributed by atoms with van der Waals surface area (Å²) in [7, 11) is 6.06. The Balaban J connectivity index is 1.66. The van der Waals surface area contributed by atoms with Gasteiger partial charge in [0.2, 0.25) is 0 Å². The second kappa shape index (κ2) is 9.13. The number of aryl methyl sites for hydroxylation is 1. The zero-order valence-electron chi connectivity index (χ0n) is 17.6. The Kier molecular flexibility index (Phi) is 6.31. The molecule has 0 saturated heterocycles. The zero-order valence-corrected chi connectivity index (χ0v) is 19.3. The number of aromatic amines is 2. The highest BCUT2D eigenvalue weighted by Gasteiger charge is 2.05. The van der Waals surface area contributed by atoms with Crippen LogP contribution in [-0.4, -0.2) is 45.8 Å². The standard InChI is InChI=1S/C23H24N4O2S2/c1-26(2)10-11-30-21-9-8-16(31-21)13-19-23(29)24-18(22(28)25-19)12-15-14-27(3)20-7-5-4-6-17(15)20/h4-9,12-14H,10-11H2,1-3H3,(H,24,29)(H,25,28)/b18-12-,19-13-. The second-order valence-corrected chi connectivity index (χ2v) is 10.1. The van der Waals surface area contributed by atoms with Gasteiger partial charge in [-0.15, -0.1) is 23.1 Å². The molecule has 0 radical (unpaired) electrons. The molecule has 4 rings (SSSR count). The van der Waals surface area contributed by atoms with Crippen LogP contribution in [0.5, 0.6) is 0 Å². The van der Waals surface area contributed by atoms with E-state index in [1.165, 1.54) is 4.21 Å². The summed E-state index contributed by atoms with van der Waals surface area (Å²) in [5.74, 6) is 1.00. The van der Waals surface area contributed by atoms with Crippen LogP contribution in [0.2, 0.25) is 0 Å². The van der Waals surface area contributed by atoms with Crippen LogP contribution in [0.1, 0.15) is 10.4 Å². The van der Waals surface area contributed by atoms with E-state index in [1.807, 2.05) is 54.2 Å². The van der Waals surface area contributed by atoms with Crippen molar-refractivity contribution in [2.45, 2.75) is 4.21 Å². The summed E-state index contributed by atoms with van der Waals surface area (Å²) in [4.78, 5) is 33.8. The largest absolute Gasteiger partial charge is 0.350 e. The van der Waals surface area contributed by atoms with Crippen LogP contribution in [-0.2, 0) is 7.05 Å².